The van der Waals surface area contributed by atoms with Gasteiger partial charge in [0.15, 0.2) is 11.5 Å². The summed E-state index contributed by atoms with van der Waals surface area (Å²) in [6.45, 7) is 0.742. The zero-order valence-electron chi connectivity index (χ0n) is 9.07. The molecule has 0 N–H and O–H groups in total. The topological polar surface area (TPSA) is 40.2 Å². The number of benzene rings is 1. The van der Waals surface area contributed by atoms with Gasteiger partial charge in [-0.3, -0.25) is 0 Å². The van der Waals surface area contributed by atoms with E-state index >= 15 is 0 Å². The van der Waals surface area contributed by atoms with Gasteiger partial charge in [0.1, 0.15) is 11.9 Å². The van der Waals surface area contributed by atoms with Crippen LogP contribution in [0.25, 0.3) is 0 Å². The third kappa shape index (κ3) is 1.85. The molecule has 0 amide bonds. The molecule has 4 nitrogen and oxygen atoms in total. The molecule has 15 heavy (non-hydrogen) atoms. The predicted octanol–water partition coefficient (Wildman–Crippen LogP) is 1.78. The Kier molecular flexibility index (Phi) is 2.68. The Labute approximate surface area is 88.7 Å². The molecule has 1 aromatic rings. The normalized spacial score (nSPS) is 18.5. The summed E-state index contributed by atoms with van der Waals surface area (Å²) < 4.78 is 20.9. The van der Waals surface area contributed by atoms with Crippen molar-refractivity contribution in [3.05, 3.63) is 17.7 Å². The number of hydrogen-bond donors (Lipinski definition) is 0. The third-order valence-electron chi connectivity index (χ3n) is 2.42. The smallest absolute Gasteiger partial charge is 0.164 e. The quantitative estimate of drug-likeness (QED) is 0.710. The highest BCUT2D eigenvalue weighted by Crippen LogP contribution is 2.42. The van der Waals surface area contributed by atoms with Crippen LogP contribution in [0.1, 0.15) is 11.7 Å². The molecule has 1 unspecified atom stereocenters. The van der Waals surface area contributed by atoms with Crippen molar-refractivity contribution in [2.24, 2.45) is 0 Å². The van der Waals surface area contributed by atoms with Gasteiger partial charge in [0, 0.05) is 11.6 Å². The van der Waals surface area contributed by atoms with Crippen LogP contribution in [0.2, 0.25) is 0 Å². The van der Waals surface area contributed by atoms with E-state index in [1.54, 1.807) is 21.3 Å². The molecule has 0 spiro atoms. The monoisotopic (exact) mass is 210 g/mol. The van der Waals surface area contributed by atoms with Gasteiger partial charge in [0.2, 0.25) is 0 Å². The molecule has 2 rings (SSSR count). The van der Waals surface area contributed by atoms with Crippen molar-refractivity contribution in [2.45, 2.75) is 6.10 Å². The second-order valence-corrected chi connectivity index (χ2v) is 3.27. The standard InChI is InChI=1S/C11H14O4/c1-12-8-5-10(14-3)9(13-2)4-7(8)11-6-15-11/h4-5,11H,6H2,1-3H3. The van der Waals surface area contributed by atoms with Gasteiger partial charge in [0.05, 0.1) is 27.9 Å². The van der Waals surface area contributed by atoms with Gasteiger partial charge in [0.25, 0.3) is 0 Å². The fourth-order valence-corrected chi connectivity index (χ4v) is 1.53. The van der Waals surface area contributed by atoms with Gasteiger partial charge in [-0.25, -0.2) is 0 Å². The molecule has 0 bridgehead atoms. The largest absolute Gasteiger partial charge is 0.496 e. The lowest BCUT2D eigenvalue weighted by Crippen LogP contribution is -1.96. The lowest BCUT2D eigenvalue weighted by Gasteiger charge is -2.12. The van der Waals surface area contributed by atoms with Crippen molar-refractivity contribution in [1.82, 2.24) is 0 Å². The van der Waals surface area contributed by atoms with E-state index in [2.05, 4.69) is 0 Å². The van der Waals surface area contributed by atoms with E-state index in [9.17, 15) is 0 Å². The van der Waals surface area contributed by atoms with Crippen molar-refractivity contribution in [3.8, 4) is 17.2 Å². The van der Waals surface area contributed by atoms with E-state index in [0.717, 1.165) is 17.9 Å². The van der Waals surface area contributed by atoms with Crippen molar-refractivity contribution < 1.29 is 18.9 Å². The average molecular weight is 210 g/mol. The molecule has 0 aromatic heterocycles. The predicted molar refractivity (Wildman–Crippen MR) is 54.8 cm³/mol. The summed E-state index contributed by atoms with van der Waals surface area (Å²) in [5.74, 6) is 2.14. The first-order chi connectivity index (χ1) is 7.30. The molecule has 1 aliphatic rings. The van der Waals surface area contributed by atoms with Gasteiger partial charge in [-0.1, -0.05) is 0 Å². The maximum absolute atomic E-state index is 5.27. The van der Waals surface area contributed by atoms with Crippen LogP contribution < -0.4 is 14.2 Å². The summed E-state index contributed by atoms with van der Waals surface area (Å²) in [5, 5.41) is 0. The van der Waals surface area contributed by atoms with Crippen LogP contribution in [0.4, 0.5) is 0 Å². The second-order valence-electron chi connectivity index (χ2n) is 3.27. The van der Waals surface area contributed by atoms with Gasteiger partial charge < -0.3 is 18.9 Å². The Bertz CT molecular complexity index is 358. The lowest BCUT2D eigenvalue weighted by atomic mass is 10.1. The molecule has 1 saturated heterocycles. The SMILES string of the molecule is COc1cc(OC)c(C2CO2)cc1OC. The number of epoxide rings is 1. The highest BCUT2D eigenvalue weighted by atomic mass is 16.6. The first-order valence-corrected chi connectivity index (χ1v) is 4.71. The molecular formula is C11H14O4. The van der Waals surface area contributed by atoms with Crippen LogP contribution in [0.5, 0.6) is 17.2 Å². The van der Waals surface area contributed by atoms with Gasteiger partial charge in [-0.15, -0.1) is 0 Å². The lowest BCUT2D eigenvalue weighted by molar-refractivity contribution is 0.343. The van der Waals surface area contributed by atoms with Crippen LogP contribution >= 0.6 is 0 Å². The van der Waals surface area contributed by atoms with Crippen molar-refractivity contribution in [1.29, 1.82) is 0 Å². The van der Waals surface area contributed by atoms with Gasteiger partial charge >= 0.3 is 0 Å². The number of methoxy groups -OCH3 is 3. The van der Waals surface area contributed by atoms with Crippen LogP contribution in [0.3, 0.4) is 0 Å². The number of rotatable bonds is 4. The minimum atomic E-state index is 0.139. The molecule has 1 aromatic carbocycles. The minimum absolute atomic E-state index is 0.139. The summed E-state index contributed by atoms with van der Waals surface area (Å²) in [5.41, 5.74) is 1.01. The summed E-state index contributed by atoms with van der Waals surface area (Å²) >= 11 is 0. The fourth-order valence-electron chi connectivity index (χ4n) is 1.53. The van der Waals surface area contributed by atoms with E-state index in [1.807, 2.05) is 12.1 Å². The fraction of sp³-hybridized carbons (Fsp3) is 0.455. The van der Waals surface area contributed by atoms with Crippen LogP contribution in [-0.4, -0.2) is 27.9 Å². The van der Waals surface area contributed by atoms with Crippen LogP contribution in [0.15, 0.2) is 12.1 Å². The Morgan fingerprint density at radius 1 is 1.00 bits per heavy atom. The van der Waals surface area contributed by atoms with Gasteiger partial charge in [-0.2, -0.15) is 0 Å². The summed E-state index contributed by atoms with van der Waals surface area (Å²) in [4.78, 5) is 0. The van der Waals surface area contributed by atoms with Crippen molar-refractivity contribution >= 4 is 0 Å². The Hall–Kier alpha value is -1.42. The number of ether oxygens (including phenoxy) is 4. The van der Waals surface area contributed by atoms with E-state index in [1.165, 1.54) is 0 Å². The van der Waals surface area contributed by atoms with E-state index < -0.39 is 0 Å². The Morgan fingerprint density at radius 3 is 2.00 bits per heavy atom. The molecule has 4 heteroatoms. The summed E-state index contributed by atoms with van der Waals surface area (Å²) in [7, 11) is 4.85. The first-order valence-electron chi connectivity index (χ1n) is 4.71. The highest BCUT2D eigenvalue weighted by molar-refractivity contribution is 5.52. The van der Waals surface area contributed by atoms with E-state index in [4.69, 9.17) is 18.9 Å². The van der Waals surface area contributed by atoms with Gasteiger partial charge in [-0.05, 0) is 6.07 Å². The summed E-state index contributed by atoms with van der Waals surface area (Å²) in [6, 6.07) is 3.71. The molecule has 0 saturated carbocycles. The second kappa shape index (κ2) is 3.98. The molecule has 1 aliphatic heterocycles. The maximum Gasteiger partial charge on any atom is 0.164 e. The number of hydrogen-bond acceptors (Lipinski definition) is 4. The van der Waals surface area contributed by atoms with E-state index in [-0.39, 0.29) is 6.10 Å². The van der Waals surface area contributed by atoms with Crippen LogP contribution in [-0.2, 0) is 4.74 Å². The van der Waals surface area contributed by atoms with Crippen molar-refractivity contribution in [3.63, 3.8) is 0 Å². The Morgan fingerprint density at radius 2 is 1.53 bits per heavy atom. The van der Waals surface area contributed by atoms with E-state index in [0.29, 0.717) is 11.5 Å². The molecule has 0 radical (unpaired) electrons. The highest BCUT2D eigenvalue weighted by Gasteiger charge is 2.29. The minimum Gasteiger partial charge on any atom is -0.496 e. The average Bonchev–Trinajstić information content (AvgIpc) is 3.11. The molecule has 82 valence electrons. The van der Waals surface area contributed by atoms with Crippen molar-refractivity contribution in [2.75, 3.05) is 27.9 Å². The molecular weight excluding hydrogens is 196 g/mol. The molecule has 1 heterocycles. The zero-order chi connectivity index (χ0) is 10.8. The third-order valence-corrected chi connectivity index (χ3v) is 2.42. The Balaban J connectivity index is 2.44. The van der Waals surface area contributed by atoms with Crippen LogP contribution in [0, 0.1) is 0 Å². The maximum atomic E-state index is 5.27. The zero-order valence-corrected chi connectivity index (χ0v) is 9.07. The first kappa shape index (κ1) is 10.1. The molecule has 1 atom stereocenters. The molecule has 0 aliphatic carbocycles. The molecule has 1 fully saturated rings. The summed E-state index contributed by atoms with van der Waals surface area (Å²) in [6.07, 6.45) is 0.139.